The van der Waals surface area contributed by atoms with Gasteiger partial charge >= 0.3 is 0 Å². The molecule has 5 nitrogen and oxygen atoms in total. The van der Waals surface area contributed by atoms with Crippen LogP contribution in [0.2, 0.25) is 0 Å². The Hall–Kier alpha value is -1.62. The van der Waals surface area contributed by atoms with Crippen molar-refractivity contribution in [1.29, 1.82) is 0 Å². The zero-order valence-corrected chi connectivity index (χ0v) is 9.65. The minimum atomic E-state index is -0.802. The van der Waals surface area contributed by atoms with Crippen molar-refractivity contribution in [3.8, 4) is 0 Å². The van der Waals surface area contributed by atoms with Crippen LogP contribution in [0.5, 0.6) is 0 Å². The molecule has 3 N–H and O–H groups in total. The molecule has 0 spiro atoms. The first-order valence-electron chi connectivity index (χ1n) is 5.85. The number of pyridine rings is 1. The normalized spacial score (nSPS) is 17.7. The number of aliphatic hydroxyl groups is 1. The molecule has 1 saturated carbocycles. The molecule has 0 saturated heterocycles. The molecule has 1 amide bonds. The molecule has 17 heavy (non-hydrogen) atoms. The van der Waals surface area contributed by atoms with Crippen molar-refractivity contribution in [1.82, 2.24) is 10.4 Å². The number of hydrogen-bond acceptors (Lipinski definition) is 4. The summed E-state index contributed by atoms with van der Waals surface area (Å²) in [5, 5.41) is 10.1. The summed E-state index contributed by atoms with van der Waals surface area (Å²) in [5.74, 6) is -0.189. The molecular weight excluding hydrogens is 218 g/mol. The summed E-state index contributed by atoms with van der Waals surface area (Å²) in [5.41, 5.74) is 5.33. The molecule has 0 aromatic carbocycles. The summed E-state index contributed by atoms with van der Waals surface area (Å²) < 4.78 is 0. The first-order chi connectivity index (χ1) is 8.18. The SMILES string of the molecule is O=C(CC1(O)CCCC1)NNc1ccncc1. The van der Waals surface area contributed by atoms with Gasteiger partial charge in [-0.3, -0.25) is 20.6 Å². The molecule has 5 heteroatoms. The summed E-state index contributed by atoms with van der Waals surface area (Å²) in [6.07, 6.45) is 6.87. The topological polar surface area (TPSA) is 74.2 Å². The van der Waals surface area contributed by atoms with Gasteiger partial charge < -0.3 is 5.11 Å². The third kappa shape index (κ3) is 3.42. The number of hydrazine groups is 1. The van der Waals surface area contributed by atoms with Crippen LogP contribution in [0.15, 0.2) is 24.5 Å². The Kier molecular flexibility index (Phi) is 3.58. The fourth-order valence-corrected chi connectivity index (χ4v) is 2.13. The first-order valence-corrected chi connectivity index (χ1v) is 5.85. The molecule has 0 bridgehead atoms. The quantitative estimate of drug-likeness (QED) is 0.686. The fraction of sp³-hybridized carbons (Fsp3) is 0.500. The second-order valence-corrected chi connectivity index (χ2v) is 4.52. The number of aromatic nitrogens is 1. The van der Waals surface area contributed by atoms with Crippen molar-refractivity contribution < 1.29 is 9.90 Å². The third-order valence-corrected chi connectivity index (χ3v) is 3.05. The Morgan fingerprint density at radius 2 is 2.00 bits per heavy atom. The minimum Gasteiger partial charge on any atom is -0.389 e. The van der Waals surface area contributed by atoms with Gasteiger partial charge in [-0.1, -0.05) is 12.8 Å². The van der Waals surface area contributed by atoms with Gasteiger partial charge in [-0.2, -0.15) is 0 Å². The van der Waals surface area contributed by atoms with E-state index in [0.29, 0.717) is 0 Å². The van der Waals surface area contributed by atoms with Crippen molar-refractivity contribution in [2.24, 2.45) is 0 Å². The van der Waals surface area contributed by atoms with Crippen LogP contribution < -0.4 is 10.9 Å². The van der Waals surface area contributed by atoms with Crippen LogP contribution in [0.25, 0.3) is 0 Å². The van der Waals surface area contributed by atoms with Crippen LogP contribution in [0.1, 0.15) is 32.1 Å². The molecule has 0 aliphatic heterocycles. The van der Waals surface area contributed by atoms with Crippen LogP contribution in [-0.2, 0) is 4.79 Å². The first kappa shape index (κ1) is 11.9. The van der Waals surface area contributed by atoms with Crippen molar-refractivity contribution in [2.75, 3.05) is 5.43 Å². The van der Waals surface area contributed by atoms with Crippen molar-refractivity contribution in [3.63, 3.8) is 0 Å². The Morgan fingerprint density at radius 3 is 2.65 bits per heavy atom. The number of hydrogen-bond donors (Lipinski definition) is 3. The molecule has 1 aliphatic carbocycles. The number of carbonyl (C=O) groups excluding carboxylic acids is 1. The van der Waals surface area contributed by atoms with Gasteiger partial charge in [-0.05, 0) is 25.0 Å². The van der Waals surface area contributed by atoms with E-state index < -0.39 is 5.60 Å². The molecule has 2 rings (SSSR count). The van der Waals surface area contributed by atoms with Gasteiger partial charge in [0.1, 0.15) is 0 Å². The van der Waals surface area contributed by atoms with E-state index >= 15 is 0 Å². The highest BCUT2D eigenvalue weighted by Gasteiger charge is 2.33. The Morgan fingerprint density at radius 1 is 1.35 bits per heavy atom. The van der Waals surface area contributed by atoms with Crippen LogP contribution in [0.3, 0.4) is 0 Å². The Balaban J connectivity index is 1.78. The van der Waals surface area contributed by atoms with Crippen LogP contribution in [0, 0.1) is 0 Å². The standard InChI is InChI=1S/C12H17N3O2/c16-11(9-12(17)5-1-2-6-12)15-14-10-3-7-13-8-4-10/h3-4,7-8,17H,1-2,5-6,9H2,(H,13,14)(H,15,16). The van der Waals surface area contributed by atoms with E-state index in [1.54, 1.807) is 24.5 Å². The molecule has 0 atom stereocenters. The summed E-state index contributed by atoms with van der Waals surface area (Å²) in [6, 6.07) is 3.51. The van der Waals surface area contributed by atoms with Gasteiger partial charge in [0.15, 0.2) is 0 Å². The molecule has 1 fully saturated rings. The van der Waals surface area contributed by atoms with E-state index in [4.69, 9.17) is 0 Å². The molecule has 1 heterocycles. The van der Waals surface area contributed by atoms with E-state index in [-0.39, 0.29) is 12.3 Å². The fourth-order valence-electron chi connectivity index (χ4n) is 2.13. The van der Waals surface area contributed by atoms with Gasteiger partial charge in [0.2, 0.25) is 5.91 Å². The zero-order valence-electron chi connectivity index (χ0n) is 9.65. The third-order valence-electron chi connectivity index (χ3n) is 3.05. The lowest BCUT2D eigenvalue weighted by molar-refractivity contribution is -0.125. The number of carbonyl (C=O) groups is 1. The molecule has 1 aliphatic rings. The molecule has 0 radical (unpaired) electrons. The predicted molar refractivity (Wildman–Crippen MR) is 64.0 cm³/mol. The van der Waals surface area contributed by atoms with Crippen molar-refractivity contribution in [3.05, 3.63) is 24.5 Å². The highest BCUT2D eigenvalue weighted by molar-refractivity contribution is 5.78. The number of rotatable bonds is 4. The predicted octanol–water partition coefficient (Wildman–Crippen LogP) is 1.22. The largest absolute Gasteiger partial charge is 0.389 e. The second kappa shape index (κ2) is 5.14. The monoisotopic (exact) mass is 235 g/mol. The lowest BCUT2D eigenvalue weighted by Gasteiger charge is -2.21. The summed E-state index contributed by atoms with van der Waals surface area (Å²) in [7, 11) is 0. The lowest BCUT2D eigenvalue weighted by atomic mass is 9.98. The maximum atomic E-state index is 11.6. The average Bonchev–Trinajstić information content (AvgIpc) is 2.74. The number of amides is 1. The van der Waals surface area contributed by atoms with E-state index in [2.05, 4.69) is 15.8 Å². The van der Waals surface area contributed by atoms with Gasteiger partial charge in [0.25, 0.3) is 0 Å². The smallest absolute Gasteiger partial charge is 0.241 e. The van der Waals surface area contributed by atoms with Crippen molar-refractivity contribution in [2.45, 2.75) is 37.7 Å². The summed E-state index contributed by atoms with van der Waals surface area (Å²) in [4.78, 5) is 15.5. The van der Waals surface area contributed by atoms with E-state index in [1.807, 2.05) is 0 Å². The van der Waals surface area contributed by atoms with Gasteiger partial charge in [-0.15, -0.1) is 0 Å². The Labute approximate surface area is 100 Å². The maximum absolute atomic E-state index is 11.6. The Bertz CT molecular complexity index is 375. The molecule has 0 unspecified atom stereocenters. The molecular formula is C12H17N3O2. The lowest BCUT2D eigenvalue weighted by Crippen LogP contribution is -2.37. The number of anilines is 1. The molecule has 1 aromatic heterocycles. The highest BCUT2D eigenvalue weighted by Crippen LogP contribution is 2.32. The van der Waals surface area contributed by atoms with Gasteiger partial charge in [0.05, 0.1) is 17.7 Å². The highest BCUT2D eigenvalue weighted by atomic mass is 16.3. The minimum absolute atomic E-state index is 0.158. The van der Waals surface area contributed by atoms with E-state index in [9.17, 15) is 9.90 Å². The summed E-state index contributed by atoms with van der Waals surface area (Å²) in [6.45, 7) is 0. The van der Waals surface area contributed by atoms with E-state index in [0.717, 1.165) is 31.4 Å². The second-order valence-electron chi connectivity index (χ2n) is 4.52. The van der Waals surface area contributed by atoms with E-state index in [1.165, 1.54) is 0 Å². The maximum Gasteiger partial charge on any atom is 0.241 e. The molecule has 1 aromatic rings. The average molecular weight is 235 g/mol. The van der Waals surface area contributed by atoms with Gasteiger partial charge in [-0.25, -0.2) is 0 Å². The molecule has 92 valence electrons. The summed E-state index contributed by atoms with van der Waals surface area (Å²) >= 11 is 0. The van der Waals surface area contributed by atoms with Crippen LogP contribution >= 0.6 is 0 Å². The number of nitrogens with one attached hydrogen (secondary N) is 2. The number of nitrogens with zero attached hydrogens (tertiary/aromatic N) is 1. The zero-order chi connectivity index (χ0) is 12.1. The van der Waals surface area contributed by atoms with Gasteiger partial charge in [0, 0.05) is 12.4 Å². The van der Waals surface area contributed by atoms with Crippen molar-refractivity contribution >= 4 is 11.6 Å². The van der Waals surface area contributed by atoms with Crippen LogP contribution in [-0.4, -0.2) is 21.6 Å². The van der Waals surface area contributed by atoms with Crippen LogP contribution in [0.4, 0.5) is 5.69 Å².